The molecule has 0 saturated carbocycles. The molecular formula is C7H6Cl2N2O2Pt. The molecule has 0 bridgehead atoms. The molecule has 4 nitrogen and oxygen atoms in total. The topological polar surface area (TPSA) is 96.0 Å². The summed E-state index contributed by atoms with van der Waals surface area (Å²) in [6, 6.07) is 0. The van der Waals surface area contributed by atoms with Crippen molar-refractivity contribution < 1.29 is 26.7 Å². The zero-order valence-corrected chi connectivity index (χ0v) is 10.5. The van der Waals surface area contributed by atoms with Crippen molar-refractivity contribution in [2.45, 2.75) is 0 Å². The van der Waals surface area contributed by atoms with Crippen molar-refractivity contribution in [3.63, 3.8) is 0 Å². The molecule has 0 aromatic carbocycles. The molecule has 0 heterocycles. The van der Waals surface area contributed by atoms with Crippen molar-refractivity contribution in [1.82, 2.24) is 0 Å². The fraction of sp³-hybridized carbons (Fsp3) is 0. The predicted molar refractivity (Wildman–Crippen MR) is 47.9 cm³/mol. The van der Waals surface area contributed by atoms with Crippen molar-refractivity contribution in [1.29, 1.82) is 5.41 Å². The van der Waals surface area contributed by atoms with Crippen molar-refractivity contribution in [2.24, 2.45) is 5.73 Å². The van der Waals surface area contributed by atoms with E-state index in [9.17, 15) is 10.2 Å². The van der Waals surface area contributed by atoms with E-state index in [4.69, 9.17) is 30.0 Å². The molecule has 0 fully saturated rings. The van der Waals surface area contributed by atoms with E-state index in [-0.39, 0.29) is 17.0 Å². The Balaban J connectivity index is 0.000000500. The molecule has 0 radical (unpaired) electrons. The first-order valence-electron chi connectivity index (χ1n) is 3.17. The predicted octanol–water partition coefficient (Wildman–Crippen LogP) is -0.273. The molecule has 14 heavy (non-hydrogen) atoms. The van der Waals surface area contributed by atoms with Crippen LogP contribution >= 0.6 is 18.8 Å². The SMILES string of the molecule is N=C1C=CC(=C([O-])[O-])C=C1N.[Cl][Pt+2][Cl]. The summed E-state index contributed by atoms with van der Waals surface area (Å²) in [5, 5.41) is 27.6. The van der Waals surface area contributed by atoms with E-state index in [0.29, 0.717) is 0 Å². The van der Waals surface area contributed by atoms with Gasteiger partial charge in [-0.1, -0.05) is 6.08 Å². The fourth-order valence-electron chi connectivity index (χ4n) is 0.690. The van der Waals surface area contributed by atoms with Gasteiger partial charge in [-0.15, -0.1) is 0 Å². The Bertz CT molecular complexity index is 309. The van der Waals surface area contributed by atoms with Gasteiger partial charge < -0.3 is 15.9 Å². The molecule has 0 saturated heterocycles. The van der Waals surface area contributed by atoms with Crippen LogP contribution in [0.4, 0.5) is 0 Å². The summed E-state index contributed by atoms with van der Waals surface area (Å²) in [4.78, 5) is 0. The first kappa shape index (κ1) is 13.6. The van der Waals surface area contributed by atoms with Crippen molar-refractivity contribution in [3.8, 4) is 0 Å². The zero-order valence-electron chi connectivity index (χ0n) is 6.70. The molecule has 0 aromatic heterocycles. The maximum absolute atomic E-state index is 10.2. The molecule has 0 amide bonds. The molecule has 1 rings (SSSR count). The van der Waals surface area contributed by atoms with E-state index < -0.39 is 22.4 Å². The van der Waals surface area contributed by atoms with Crippen molar-refractivity contribution in [3.05, 3.63) is 35.4 Å². The van der Waals surface area contributed by atoms with Gasteiger partial charge in [0.15, 0.2) is 0 Å². The second-order valence-corrected chi connectivity index (χ2v) is 5.42. The van der Waals surface area contributed by atoms with E-state index in [1.165, 1.54) is 18.2 Å². The summed E-state index contributed by atoms with van der Waals surface area (Å²) in [7, 11) is 9.75. The minimum atomic E-state index is -1.28. The Morgan fingerprint density at radius 2 is 1.86 bits per heavy atom. The van der Waals surface area contributed by atoms with Gasteiger partial charge in [0.2, 0.25) is 0 Å². The van der Waals surface area contributed by atoms with Crippen LogP contribution in [0.2, 0.25) is 0 Å². The van der Waals surface area contributed by atoms with Crippen LogP contribution in [0.5, 0.6) is 0 Å². The van der Waals surface area contributed by atoms with Crippen molar-refractivity contribution in [2.75, 3.05) is 0 Å². The zero-order chi connectivity index (χ0) is 11.1. The third-order valence-corrected chi connectivity index (χ3v) is 1.29. The van der Waals surface area contributed by atoms with E-state index in [2.05, 4.69) is 0 Å². The number of hydrogen-bond acceptors (Lipinski definition) is 4. The van der Waals surface area contributed by atoms with Gasteiger partial charge >= 0.3 is 35.3 Å². The van der Waals surface area contributed by atoms with Crippen LogP contribution in [-0.2, 0) is 16.5 Å². The third kappa shape index (κ3) is 4.70. The summed E-state index contributed by atoms with van der Waals surface area (Å²) in [6.07, 6.45) is 3.81. The van der Waals surface area contributed by atoms with Crippen LogP contribution in [-0.4, -0.2) is 5.71 Å². The van der Waals surface area contributed by atoms with Crippen LogP contribution in [0.25, 0.3) is 0 Å². The van der Waals surface area contributed by atoms with Crippen LogP contribution in [0.3, 0.4) is 0 Å². The molecule has 1 aliphatic rings. The molecule has 0 aromatic rings. The molecule has 0 unspecified atom stereocenters. The Kier molecular flexibility index (Phi) is 6.71. The van der Waals surface area contributed by atoms with Gasteiger partial charge in [0.25, 0.3) is 0 Å². The van der Waals surface area contributed by atoms with Crippen LogP contribution in [0.1, 0.15) is 0 Å². The minimum absolute atomic E-state index is 0.00139. The monoisotopic (exact) mass is 415 g/mol. The Hall–Kier alpha value is -0.442. The van der Waals surface area contributed by atoms with Gasteiger partial charge in [0, 0.05) is 0 Å². The molecule has 7 heteroatoms. The van der Waals surface area contributed by atoms with Gasteiger partial charge in [-0.2, -0.15) is 5.95 Å². The van der Waals surface area contributed by atoms with Crippen molar-refractivity contribution >= 4 is 24.5 Å². The summed E-state index contributed by atoms with van der Waals surface area (Å²) in [5.41, 5.74) is 5.54. The number of nitrogens with two attached hydrogens (primary N) is 1. The second-order valence-electron chi connectivity index (χ2n) is 2.13. The van der Waals surface area contributed by atoms with E-state index in [1.54, 1.807) is 0 Å². The molecular weight excluding hydrogens is 410 g/mol. The number of hydrogen-bond donors (Lipinski definition) is 2. The fourth-order valence-corrected chi connectivity index (χ4v) is 0.690. The molecule has 0 spiro atoms. The Labute approximate surface area is 97.6 Å². The normalized spacial score (nSPS) is 14.6. The van der Waals surface area contributed by atoms with Gasteiger partial charge in [-0.3, -0.25) is 5.41 Å². The number of allylic oxidation sites excluding steroid dienone is 4. The summed E-state index contributed by atoms with van der Waals surface area (Å²) < 4.78 is 0. The van der Waals surface area contributed by atoms with E-state index in [1.807, 2.05) is 0 Å². The number of nitrogens with one attached hydrogen (secondary N) is 1. The number of rotatable bonds is 0. The van der Waals surface area contributed by atoms with Crippen LogP contribution in [0.15, 0.2) is 35.4 Å². The standard InChI is InChI=1S/C7H8N2O2.2ClH.Pt/c8-5-2-1-4(7(10)11)3-6(5)9;;;/h1-3,8,10-11H,9H2;2*1H;/q;;;+4/p-4. The van der Waals surface area contributed by atoms with Gasteiger partial charge in [-0.05, 0) is 17.7 Å². The Morgan fingerprint density at radius 3 is 2.21 bits per heavy atom. The molecule has 0 atom stereocenters. The summed E-state index contributed by atoms with van der Waals surface area (Å²) in [5.74, 6) is -1.28. The second kappa shape index (κ2) is 6.93. The first-order chi connectivity index (χ1) is 6.52. The van der Waals surface area contributed by atoms with Crippen LogP contribution < -0.4 is 15.9 Å². The van der Waals surface area contributed by atoms with Gasteiger partial charge in [0.05, 0.1) is 11.4 Å². The summed E-state index contributed by atoms with van der Waals surface area (Å²) >= 11 is -0.472. The maximum atomic E-state index is 10.2. The average molecular weight is 416 g/mol. The molecule has 80 valence electrons. The number of halogens is 2. The Morgan fingerprint density at radius 1 is 1.36 bits per heavy atom. The van der Waals surface area contributed by atoms with Crippen LogP contribution in [0, 0.1) is 5.41 Å². The van der Waals surface area contributed by atoms with E-state index in [0.717, 1.165) is 0 Å². The molecule has 3 N–H and O–H groups in total. The van der Waals surface area contributed by atoms with E-state index >= 15 is 0 Å². The first-order valence-corrected chi connectivity index (χ1v) is 8.80. The van der Waals surface area contributed by atoms with Gasteiger partial charge in [-0.25, -0.2) is 0 Å². The third-order valence-electron chi connectivity index (χ3n) is 1.29. The van der Waals surface area contributed by atoms with Gasteiger partial charge in [0.1, 0.15) is 0 Å². The quantitative estimate of drug-likeness (QED) is 0.533. The molecule has 1 aliphatic carbocycles. The molecule has 0 aliphatic heterocycles. The summed E-state index contributed by atoms with van der Waals surface area (Å²) in [6.45, 7) is 0. The average Bonchev–Trinajstić information content (AvgIpc) is 2.10.